The fraction of sp³-hybridized carbons (Fsp3) is 0.684. The molecule has 2 saturated heterocycles. The molecule has 0 unspecified atom stereocenters. The van der Waals surface area contributed by atoms with Crippen molar-refractivity contribution in [3.05, 3.63) is 11.2 Å². The first-order valence-corrected chi connectivity index (χ1v) is 11.2. The molecular weight excluding hydrogens is 414 g/mol. The molecule has 0 aliphatic carbocycles. The lowest BCUT2D eigenvalue weighted by molar-refractivity contribution is -0.139. The predicted molar refractivity (Wildman–Crippen MR) is 113 cm³/mol. The molecule has 0 bridgehead atoms. The summed E-state index contributed by atoms with van der Waals surface area (Å²) in [6.45, 7) is 10.9. The van der Waals surface area contributed by atoms with Crippen LogP contribution < -0.4 is 4.90 Å². The molecule has 2 amide bonds. The summed E-state index contributed by atoms with van der Waals surface area (Å²) in [6.07, 6.45) is 0. The number of carbonyl (C=O) groups is 2. The fourth-order valence-electron chi connectivity index (χ4n) is 3.26. The Morgan fingerprint density at radius 3 is 2.34 bits per heavy atom. The van der Waals surface area contributed by atoms with Crippen LogP contribution in [0.3, 0.4) is 0 Å². The van der Waals surface area contributed by atoms with Crippen LogP contribution in [0.15, 0.2) is 11.2 Å². The number of thioether (sulfide) groups is 1. The molecule has 29 heavy (non-hydrogen) atoms. The number of aromatic nitrogens is 2. The van der Waals surface area contributed by atoms with E-state index in [9.17, 15) is 9.59 Å². The first-order valence-electron chi connectivity index (χ1n) is 9.81. The van der Waals surface area contributed by atoms with Gasteiger partial charge < -0.3 is 19.4 Å². The average molecular weight is 442 g/mol. The number of piperazine rings is 1. The van der Waals surface area contributed by atoms with Gasteiger partial charge in [-0.3, -0.25) is 9.59 Å². The zero-order valence-electron chi connectivity index (χ0n) is 17.2. The number of carbonyl (C=O) groups excluding carboxylic acids is 2. The highest BCUT2D eigenvalue weighted by Gasteiger charge is 2.30. The number of nitrogens with zero attached hydrogens (tertiary/aromatic N) is 5. The molecule has 1 aromatic heterocycles. The highest BCUT2D eigenvalue weighted by atomic mass is 35.5. The number of ether oxygens (including phenoxy) is 1. The largest absolute Gasteiger partial charge is 0.378 e. The quantitative estimate of drug-likeness (QED) is 0.400. The Kier molecular flexibility index (Phi) is 7.23. The molecule has 3 heterocycles. The van der Waals surface area contributed by atoms with E-state index in [0.717, 1.165) is 5.82 Å². The second-order valence-corrected chi connectivity index (χ2v) is 9.47. The summed E-state index contributed by atoms with van der Waals surface area (Å²) in [5.41, 5.74) is -0.378. The van der Waals surface area contributed by atoms with Crippen LogP contribution in [0.25, 0.3) is 0 Å². The molecule has 160 valence electrons. The van der Waals surface area contributed by atoms with Crippen LogP contribution in [0.1, 0.15) is 20.8 Å². The van der Waals surface area contributed by atoms with Crippen molar-refractivity contribution >= 4 is 41.0 Å². The van der Waals surface area contributed by atoms with Crippen LogP contribution in [-0.4, -0.2) is 89.8 Å². The summed E-state index contributed by atoms with van der Waals surface area (Å²) in [4.78, 5) is 39.4. The summed E-state index contributed by atoms with van der Waals surface area (Å²) in [6, 6.07) is 1.73. The smallest absolute Gasteiger partial charge is 0.233 e. The SMILES string of the molecule is CC(C)(C)C(=O)N1CCN(c2cc(Cl)nc(SCC(=O)N3CCOCC3)n2)CC1. The number of hydrogen-bond acceptors (Lipinski definition) is 7. The number of hydrogen-bond donors (Lipinski definition) is 0. The molecule has 0 atom stereocenters. The van der Waals surface area contributed by atoms with Crippen molar-refractivity contribution in [1.82, 2.24) is 19.8 Å². The third-order valence-electron chi connectivity index (χ3n) is 4.88. The van der Waals surface area contributed by atoms with Crippen molar-refractivity contribution in [2.75, 3.05) is 63.1 Å². The lowest BCUT2D eigenvalue weighted by Gasteiger charge is -2.38. The van der Waals surface area contributed by atoms with Crippen LogP contribution in [0, 0.1) is 5.41 Å². The minimum Gasteiger partial charge on any atom is -0.378 e. The van der Waals surface area contributed by atoms with Gasteiger partial charge in [-0.1, -0.05) is 44.1 Å². The van der Waals surface area contributed by atoms with E-state index in [4.69, 9.17) is 16.3 Å². The average Bonchev–Trinajstić information content (AvgIpc) is 2.71. The van der Waals surface area contributed by atoms with Crippen molar-refractivity contribution in [1.29, 1.82) is 0 Å². The molecule has 10 heteroatoms. The molecule has 0 saturated carbocycles. The highest BCUT2D eigenvalue weighted by Crippen LogP contribution is 2.24. The molecule has 0 aromatic carbocycles. The van der Waals surface area contributed by atoms with Gasteiger partial charge in [0.25, 0.3) is 0 Å². The van der Waals surface area contributed by atoms with E-state index in [1.165, 1.54) is 11.8 Å². The van der Waals surface area contributed by atoms with E-state index < -0.39 is 0 Å². The van der Waals surface area contributed by atoms with Crippen LogP contribution >= 0.6 is 23.4 Å². The number of amides is 2. The molecular formula is C19H28ClN5O3S. The minimum absolute atomic E-state index is 0.0535. The van der Waals surface area contributed by atoms with Crippen LogP contribution in [-0.2, 0) is 14.3 Å². The van der Waals surface area contributed by atoms with Crippen molar-refractivity contribution in [3.63, 3.8) is 0 Å². The number of rotatable bonds is 4. The minimum atomic E-state index is -0.378. The Balaban J connectivity index is 1.58. The number of anilines is 1. The van der Waals surface area contributed by atoms with Gasteiger partial charge in [-0.25, -0.2) is 9.97 Å². The first-order chi connectivity index (χ1) is 13.7. The Hall–Kier alpha value is -1.58. The van der Waals surface area contributed by atoms with Crippen molar-refractivity contribution in [2.24, 2.45) is 5.41 Å². The third kappa shape index (κ3) is 5.96. The highest BCUT2D eigenvalue weighted by molar-refractivity contribution is 7.99. The Morgan fingerprint density at radius 1 is 1.07 bits per heavy atom. The molecule has 3 rings (SSSR count). The van der Waals surface area contributed by atoms with Gasteiger partial charge in [0.2, 0.25) is 11.8 Å². The molecule has 0 N–H and O–H groups in total. The molecule has 2 fully saturated rings. The maximum absolute atomic E-state index is 12.5. The van der Waals surface area contributed by atoms with Crippen molar-refractivity contribution < 1.29 is 14.3 Å². The number of morpholine rings is 1. The van der Waals surface area contributed by atoms with Crippen molar-refractivity contribution in [2.45, 2.75) is 25.9 Å². The normalized spacial score (nSPS) is 18.1. The maximum Gasteiger partial charge on any atom is 0.233 e. The van der Waals surface area contributed by atoms with Gasteiger partial charge in [-0.05, 0) is 0 Å². The lowest BCUT2D eigenvalue weighted by atomic mass is 9.94. The molecule has 2 aliphatic rings. The molecule has 1 aromatic rings. The zero-order valence-corrected chi connectivity index (χ0v) is 18.8. The Morgan fingerprint density at radius 2 is 1.72 bits per heavy atom. The summed E-state index contributed by atoms with van der Waals surface area (Å²) in [5.74, 6) is 1.22. The molecule has 0 radical (unpaired) electrons. The second kappa shape index (κ2) is 9.49. The molecule has 2 aliphatic heterocycles. The Labute approximate surface area is 180 Å². The van der Waals surface area contributed by atoms with Gasteiger partial charge in [0, 0.05) is 50.7 Å². The van der Waals surface area contributed by atoms with E-state index in [0.29, 0.717) is 62.8 Å². The predicted octanol–water partition coefficient (Wildman–Crippen LogP) is 1.78. The van der Waals surface area contributed by atoms with Gasteiger partial charge >= 0.3 is 0 Å². The standard InChI is InChI=1S/C19H28ClN5O3S/c1-19(2,3)17(27)25-6-4-23(5-7-25)15-12-14(20)21-18(22-15)29-13-16(26)24-8-10-28-11-9-24/h12H,4-11,13H2,1-3H3. The summed E-state index contributed by atoms with van der Waals surface area (Å²) in [5, 5.41) is 0.840. The third-order valence-corrected chi connectivity index (χ3v) is 5.91. The van der Waals surface area contributed by atoms with Crippen LogP contribution in [0.5, 0.6) is 0 Å². The van der Waals surface area contributed by atoms with E-state index in [1.54, 1.807) is 11.0 Å². The van der Waals surface area contributed by atoms with E-state index in [2.05, 4.69) is 14.9 Å². The van der Waals surface area contributed by atoms with Gasteiger partial charge in [-0.15, -0.1) is 0 Å². The maximum atomic E-state index is 12.5. The monoisotopic (exact) mass is 441 g/mol. The second-order valence-electron chi connectivity index (χ2n) is 8.14. The van der Waals surface area contributed by atoms with Gasteiger partial charge in [-0.2, -0.15) is 0 Å². The van der Waals surface area contributed by atoms with Crippen LogP contribution in [0.4, 0.5) is 5.82 Å². The van der Waals surface area contributed by atoms with Gasteiger partial charge in [0.1, 0.15) is 11.0 Å². The fourth-order valence-corrected chi connectivity index (χ4v) is 4.24. The topological polar surface area (TPSA) is 78.9 Å². The number of halogens is 1. The summed E-state index contributed by atoms with van der Waals surface area (Å²) in [7, 11) is 0. The first kappa shape index (κ1) is 22.1. The summed E-state index contributed by atoms with van der Waals surface area (Å²) < 4.78 is 5.28. The Bertz CT molecular complexity index is 744. The van der Waals surface area contributed by atoms with Gasteiger partial charge in [0.05, 0.1) is 19.0 Å². The zero-order chi connectivity index (χ0) is 21.0. The van der Waals surface area contributed by atoms with E-state index in [1.807, 2.05) is 25.7 Å². The summed E-state index contributed by atoms with van der Waals surface area (Å²) >= 11 is 7.50. The van der Waals surface area contributed by atoms with Crippen molar-refractivity contribution in [3.8, 4) is 0 Å². The van der Waals surface area contributed by atoms with Gasteiger partial charge in [0.15, 0.2) is 5.16 Å². The van der Waals surface area contributed by atoms with Crippen LogP contribution in [0.2, 0.25) is 5.15 Å². The molecule has 8 nitrogen and oxygen atoms in total. The molecule has 0 spiro atoms. The van der Waals surface area contributed by atoms with E-state index >= 15 is 0 Å². The lowest BCUT2D eigenvalue weighted by Crippen LogP contribution is -2.51. The van der Waals surface area contributed by atoms with E-state index in [-0.39, 0.29) is 23.0 Å².